The molecule has 1 heterocycles. The molecule has 0 aliphatic rings. The molecule has 1 aromatic carbocycles. The summed E-state index contributed by atoms with van der Waals surface area (Å²) in [5.41, 5.74) is 1.11. The molecular weight excluding hydrogens is 242 g/mol. The third-order valence-electron chi connectivity index (χ3n) is 2.44. The molecule has 1 aromatic heterocycles. The molecule has 2 aromatic rings. The molecule has 0 radical (unpaired) electrons. The van der Waals surface area contributed by atoms with Gasteiger partial charge in [-0.15, -0.1) is 6.42 Å². The number of carbonyl (C=O) groups is 2. The highest BCUT2D eigenvalue weighted by Gasteiger charge is 2.14. The number of carbonyl (C=O) groups excluding carboxylic acids is 2. The van der Waals surface area contributed by atoms with Gasteiger partial charge in [-0.1, -0.05) is 24.1 Å². The van der Waals surface area contributed by atoms with Crippen LogP contribution in [0.4, 0.5) is 5.69 Å². The molecule has 2 amide bonds. The Balaban J connectivity index is 2.20. The maximum absolute atomic E-state index is 11.6. The van der Waals surface area contributed by atoms with E-state index in [0.29, 0.717) is 11.2 Å². The summed E-state index contributed by atoms with van der Waals surface area (Å²) in [6.45, 7) is 0.0139. The largest absolute Gasteiger partial charge is 0.337 e. The van der Waals surface area contributed by atoms with Gasteiger partial charge in [0, 0.05) is 11.6 Å². The molecule has 0 atom stereocenters. The van der Waals surface area contributed by atoms with E-state index in [4.69, 9.17) is 6.42 Å². The molecule has 5 heteroatoms. The van der Waals surface area contributed by atoms with Crippen molar-refractivity contribution in [3.05, 3.63) is 36.5 Å². The molecule has 0 spiro atoms. The molecule has 5 nitrogen and oxygen atoms in total. The van der Waals surface area contributed by atoms with Gasteiger partial charge in [-0.3, -0.25) is 14.6 Å². The number of nitrogens with one attached hydrogen (secondary N) is 2. The third-order valence-corrected chi connectivity index (χ3v) is 2.44. The van der Waals surface area contributed by atoms with Gasteiger partial charge in [-0.05, 0) is 12.1 Å². The van der Waals surface area contributed by atoms with E-state index in [0.717, 1.165) is 5.39 Å². The standard InChI is InChI=1S/C14H11N3O2/c1-2-8-16-13(18)14(19)17-11-7-3-5-10-6-4-9-15-12(10)11/h1,3-7,9H,8H2,(H,16,18)(H,17,19). The quantitative estimate of drug-likeness (QED) is 0.617. The van der Waals surface area contributed by atoms with E-state index < -0.39 is 11.8 Å². The van der Waals surface area contributed by atoms with Gasteiger partial charge >= 0.3 is 11.8 Å². The SMILES string of the molecule is C#CCNC(=O)C(=O)Nc1cccc2cccnc12. The van der Waals surface area contributed by atoms with Gasteiger partial charge in [-0.25, -0.2) is 0 Å². The van der Waals surface area contributed by atoms with Crippen LogP contribution < -0.4 is 10.6 Å². The minimum Gasteiger partial charge on any atom is -0.337 e. The van der Waals surface area contributed by atoms with Crippen LogP contribution in [0.1, 0.15) is 0 Å². The number of fused-ring (bicyclic) bond motifs is 1. The lowest BCUT2D eigenvalue weighted by Crippen LogP contribution is -2.35. The second kappa shape index (κ2) is 5.65. The van der Waals surface area contributed by atoms with Gasteiger partial charge in [0.2, 0.25) is 0 Å². The van der Waals surface area contributed by atoms with Gasteiger partial charge < -0.3 is 10.6 Å². The highest BCUT2D eigenvalue weighted by molar-refractivity contribution is 6.40. The zero-order valence-corrected chi connectivity index (χ0v) is 10.0. The summed E-state index contributed by atoms with van der Waals surface area (Å²) in [7, 11) is 0. The van der Waals surface area contributed by atoms with Crippen LogP contribution in [0.15, 0.2) is 36.5 Å². The first kappa shape index (κ1) is 12.6. The third kappa shape index (κ3) is 2.87. The molecule has 0 fully saturated rings. The van der Waals surface area contributed by atoms with E-state index in [2.05, 4.69) is 21.5 Å². The Morgan fingerprint density at radius 1 is 1.21 bits per heavy atom. The predicted molar refractivity (Wildman–Crippen MR) is 72.2 cm³/mol. The van der Waals surface area contributed by atoms with E-state index in [9.17, 15) is 9.59 Å². The van der Waals surface area contributed by atoms with E-state index in [-0.39, 0.29) is 6.54 Å². The van der Waals surface area contributed by atoms with Gasteiger partial charge in [0.1, 0.15) is 0 Å². The highest BCUT2D eigenvalue weighted by atomic mass is 16.2. The summed E-state index contributed by atoms with van der Waals surface area (Å²) in [6.07, 6.45) is 6.62. The maximum Gasteiger partial charge on any atom is 0.313 e. The monoisotopic (exact) mass is 253 g/mol. The van der Waals surface area contributed by atoms with Gasteiger partial charge in [0.15, 0.2) is 0 Å². The zero-order valence-electron chi connectivity index (χ0n) is 10.0. The molecule has 0 unspecified atom stereocenters. The molecular formula is C14H11N3O2. The van der Waals surface area contributed by atoms with Gasteiger partial charge in [0.05, 0.1) is 17.7 Å². The fourth-order valence-electron chi connectivity index (χ4n) is 1.60. The van der Waals surface area contributed by atoms with E-state index >= 15 is 0 Å². The average Bonchev–Trinajstić information content (AvgIpc) is 2.45. The summed E-state index contributed by atoms with van der Waals surface area (Å²) in [5, 5.41) is 5.68. The molecule has 0 bridgehead atoms. The van der Waals surface area contributed by atoms with Crippen LogP contribution in [-0.2, 0) is 9.59 Å². The number of hydrogen-bond acceptors (Lipinski definition) is 3. The van der Waals surface area contributed by atoms with Crippen LogP contribution in [-0.4, -0.2) is 23.3 Å². The van der Waals surface area contributed by atoms with Gasteiger partial charge in [-0.2, -0.15) is 0 Å². The number of para-hydroxylation sites is 1. The molecule has 2 N–H and O–H groups in total. The fraction of sp³-hybridized carbons (Fsp3) is 0.0714. The number of hydrogen-bond donors (Lipinski definition) is 2. The number of nitrogens with zero attached hydrogens (tertiary/aromatic N) is 1. The second-order valence-electron chi connectivity index (χ2n) is 3.72. The van der Waals surface area contributed by atoms with E-state index in [1.54, 1.807) is 24.4 Å². The van der Waals surface area contributed by atoms with Crippen LogP contribution in [0, 0.1) is 12.3 Å². The molecule has 0 saturated heterocycles. The first-order chi connectivity index (χ1) is 9.22. The van der Waals surface area contributed by atoms with Gasteiger partial charge in [0.25, 0.3) is 0 Å². The molecule has 0 saturated carbocycles. The summed E-state index contributed by atoms with van der Waals surface area (Å²) < 4.78 is 0. The number of terminal acetylenes is 1. The Hall–Kier alpha value is -2.87. The van der Waals surface area contributed by atoms with Crippen molar-refractivity contribution in [3.8, 4) is 12.3 Å². The van der Waals surface area contributed by atoms with Crippen molar-refractivity contribution in [3.63, 3.8) is 0 Å². The Labute approximate surface area is 110 Å². The summed E-state index contributed by atoms with van der Waals surface area (Å²) >= 11 is 0. The Bertz CT molecular complexity index is 668. The lowest BCUT2D eigenvalue weighted by Gasteiger charge is -2.07. The van der Waals surface area contributed by atoms with Crippen molar-refractivity contribution in [2.24, 2.45) is 0 Å². The van der Waals surface area contributed by atoms with Crippen LogP contribution in [0.2, 0.25) is 0 Å². The normalized spacial score (nSPS) is 9.63. The van der Waals surface area contributed by atoms with Crippen LogP contribution in [0.5, 0.6) is 0 Å². The maximum atomic E-state index is 11.6. The molecule has 0 aliphatic heterocycles. The zero-order chi connectivity index (χ0) is 13.7. The molecule has 0 aliphatic carbocycles. The summed E-state index contributed by atoms with van der Waals surface area (Å²) in [6, 6.07) is 9.00. The van der Waals surface area contributed by atoms with Crippen LogP contribution in [0.25, 0.3) is 10.9 Å². The number of amides is 2. The molecule has 19 heavy (non-hydrogen) atoms. The predicted octanol–water partition coefficient (Wildman–Crippen LogP) is 0.923. The number of anilines is 1. The van der Waals surface area contributed by atoms with E-state index in [1.807, 2.05) is 12.1 Å². The van der Waals surface area contributed by atoms with Crippen molar-refractivity contribution in [1.82, 2.24) is 10.3 Å². The Kier molecular flexibility index (Phi) is 3.74. The first-order valence-corrected chi connectivity index (χ1v) is 5.59. The highest BCUT2D eigenvalue weighted by Crippen LogP contribution is 2.20. The number of benzene rings is 1. The smallest absolute Gasteiger partial charge is 0.313 e. The number of pyridine rings is 1. The minimum absolute atomic E-state index is 0.0139. The second-order valence-corrected chi connectivity index (χ2v) is 3.72. The van der Waals surface area contributed by atoms with Crippen molar-refractivity contribution in [2.45, 2.75) is 0 Å². The number of rotatable bonds is 2. The topological polar surface area (TPSA) is 71.1 Å². The summed E-state index contributed by atoms with van der Waals surface area (Å²) in [4.78, 5) is 27.2. The van der Waals surface area contributed by atoms with E-state index in [1.165, 1.54) is 0 Å². The first-order valence-electron chi connectivity index (χ1n) is 5.59. The van der Waals surface area contributed by atoms with Crippen molar-refractivity contribution in [1.29, 1.82) is 0 Å². The Morgan fingerprint density at radius 3 is 2.79 bits per heavy atom. The minimum atomic E-state index is -0.772. The van der Waals surface area contributed by atoms with Crippen molar-refractivity contribution < 1.29 is 9.59 Å². The van der Waals surface area contributed by atoms with Crippen molar-refractivity contribution >= 4 is 28.4 Å². The number of aromatic nitrogens is 1. The van der Waals surface area contributed by atoms with Crippen molar-refractivity contribution in [2.75, 3.05) is 11.9 Å². The average molecular weight is 253 g/mol. The summed E-state index contributed by atoms with van der Waals surface area (Å²) in [5.74, 6) is 0.680. The molecule has 94 valence electrons. The van der Waals surface area contributed by atoms with Crippen LogP contribution >= 0.6 is 0 Å². The lowest BCUT2D eigenvalue weighted by atomic mass is 10.2. The van der Waals surface area contributed by atoms with Crippen LogP contribution in [0.3, 0.4) is 0 Å². The molecule has 2 rings (SSSR count). The fourth-order valence-corrected chi connectivity index (χ4v) is 1.60. The Morgan fingerprint density at radius 2 is 2.00 bits per heavy atom. The lowest BCUT2D eigenvalue weighted by molar-refractivity contribution is -0.136.